The first-order valence-electron chi connectivity index (χ1n) is 7.05. The fraction of sp³-hybridized carbons (Fsp3) is 0.600. The predicted molar refractivity (Wildman–Crippen MR) is 76.4 cm³/mol. The normalized spacial score (nSPS) is 11.2. The Bertz CT molecular complexity index is 524. The SMILES string of the molecule is CCCc1ccc(S(=O)(=O)[O-])c(CCC)c1CCC.[K+]. The Labute approximate surface area is 165 Å². The third-order valence-corrected chi connectivity index (χ3v) is 4.20. The van der Waals surface area contributed by atoms with Crippen LogP contribution >= 0.6 is 0 Å². The van der Waals surface area contributed by atoms with E-state index in [-0.39, 0.29) is 56.3 Å². The zero-order valence-electron chi connectivity index (χ0n) is 13.0. The number of benzene rings is 1. The van der Waals surface area contributed by atoms with Gasteiger partial charge in [0.1, 0.15) is 10.1 Å². The minimum atomic E-state index is -4.38. The van der Waals surface area contributed by atoms with Gasteiger partial charge in [-0.1, -0.05) is 46.1 Å². The summed E-state index contributed by atoms with van der Waals surface area (Å²) in [6.45, 7) is 6.18. The van der Waals surface area contributed by atoms with E-state index in [9.17, 15) is 13.0 Å². The van der Waals surface area contributed by atoms with Crippen LogP contribution in [0.15, 0.2) is 17.0 Å². The molecule has 0 N–H and O–H groups in total. The Kier molecular flexibility index (Phi) is 10.1. The smallest absolute Gasteiger partial charge is 0.744 e. The molecule has 0 saturated carbocycles. The van der Waals surface area contributed by atoms with Crippen molar-refractivity contribution in [2.24, 2.45) is 0 Å². The first-order chi connectivity index (χ1) is 8.95. The quantitative estimate of drug-likeness (QED) is 0.541. The maximum Gasteiger partial charge on any atom is 1.00 e. The van der Waals surface area contributed by atoms with Gasteiger partial charge in [-0.3, -0.25) is 0 Å². The van der Waals surface area contributed by atoms with Gasteiger partial charge in [-0.25, -0.2) is 8.42 Å². The van der Waals surface area contributed by atoms with E-state index in [2.05, 4.69) is 13.8 Å². The third kappa shape index (κ3) is 5.52. The van der Waals surface area contributed by atoms with E-state index in [1.807, 2.05) is 13.0 Å². The second kappa shape index (κ2) is 9.72. The van der Waals surface area contributed by atoms with Gasteiger partial charge in [-0.05, 0) is 42.0 Å². The maximum atomic E-state index is 11.4. The van der Waals surface area contributed by atoms with Gasteiger partial charge in [-0.15, -0.1) is 0 Å². The van der Waals surface area contributed by atoms with E-state index < -0.39 is 10.1 Å². The van der Waals surface area contributed by atoms with E-state index in [0.29, 0.717) is 6.42 Å². The van der Waals surface area contributed by atoms with Gasteiger partial charge >= 0.3 is 51.4 Å². The van der Waals surface area contributed by atoms with Crippen LogP contribution < -0.4 is 51.4 Å². The second-order valence-corrected chi connectivity index (χ2v) is 6.23. The topological polar surface area (TPSA) is 57.2 Å². The van der Waals surface area contributed by atoms with Crippen LogP contribution in [0.5, 0.6) is 0 Å². The molecule has 0 aromatic heterocycles. The van der Waals surface area contributed by atoms with Gasteiger partial charge in [0.05, 0.1) is 4.90 Å². The molecule has 0 radical (unpaired) electrons. The molecule has 0 unspecified atom stereocenters. The molecule has 0 aliphatic heterocycles. The molecular formula is C15H23KO3S. The monoisotopic (exact) mass is 322 g/mol. The van der Waals surface area contributed by atoms with Crippen molar-refractivity contribution >= 4 is 10.1 Å². The van der Waals surface area contributed by atoms with E-state index in [1.54, 1.807) is 0 Å². The van der Waals surface area contributed by atoms with Crippen molar-refractivity contribution in [3.8, 4) is 0 Å². The number of rotatable bonds is 7. The standard InChI is InChI=1S/C15H24O3S.K/c1-4-7-12-10-11-15(19(16,17)18)14(9-6-3)13(12)8-5-2;/h10-11H,4-9H2,1-3H3,(H,16,17,18);/q;+1/p-1. The van der Waals surface area contributed by atoms with Crippen LogP contribution in [0.1, 0.15) is 56.7 Å². The van der Waals surface area contributed by atoms with Crippen molar-refractivity contribution in [2.45, 2.75) is 64.2 Å². The van der Waals surface area contributed by atoms with Crippen molar-refractivity contribution in [1.29, 1.82) is 0 Å². The molecule has 108 valence electrons. The summed E-state index contributed by atoms with van der Waals surface area (Å²) < 4.78 is 34.2. The van der Waals surface area contributed by atoms with Crippen LogP contribution in [0.3, 0.4) is 0 Å². The molecule has 0 fully saturated rings. The summed E-state index contributed by atoms with van der Waals surface area (Å²) in [5.41, 5.74) is 3.04. The molecule has 0 amide bonds. The van der Waals surface area contributed by atoms with Crippen LogP contribution in [0.25, 0.3) is 0 Å². The third-order valence-electron chi connectivity index (χ3n) is 3.27. The summed E-state index contributed by atoms with van der Waals surface area (Å²) in [5, 5.41) is 0. The van der Waals surface area contributed by atoms with Gasteiger partial charge in [0.25, 0.3) is 0 Å². The maximum absolute atomic E-state index is 11.4. The largest absolute Gasteiger partial charge is 1.00 e. The molecule has 1 rings (SSSR count). The fourth-order valence-corrected chi connectivity index (χ4v) is 3.31. The molecule has 1 aromatic carbocycles. The predicted octanol–water partition coefficient (Wildman–Crippen LogP) is 0.452. The van der Waals surface area contributed by atoms with Crippen molar-refractivity contribution in [3.05, 3.63) is 28.8 Å². The zero-order chi connectivity index (χ0) is 14.5. The minimum absolute atomic E-state index is 0. The molecule has 3 nitrogen and oxygen atoms in total. The summed E-state index contributed by atoms with van der Waals surface area (Å²) in [4.78, 5) is -0.0161. The molecular weight excluding hydrogens is 299 g/mol. The number of aryl methyl sites for hydroxylation is 1. The van der Waals surface area contributed by atoms with Gasteiger partial charge in [0, 0.05) is 0 Å². The average molecular weight is 323 g/mol. The van der Waals surface area contributed by atoms with E-state index in [4.69, 9.17) is 0 Å². The van der Waals surface area contributed by atoms with Crippen LogP contribution in [-0.2, 0) is 29.4 Å². The Morgan fingerprint density at radius 2 is 1.40 bits per heavy atom. The van der Waals surface area contributed by atoms with Gasteiger partial charge in [0.15, 0.2) is 0 Å². The van der Waals surface area contributed by atoms with Crippen LogP contribution in [0, 0.1) is 0 Å². The summed E-state index contributed by atoms with van der Waals surface area (Å²) in [6, 6.07) is 3.32. The second-order valence-electron chi connectivity index (χ2n) is 4.88. The van der Waals surface area contributed by atoms with Gasteiger partial charge < -0.3 is 4.55 Å². The molecule has 0 atom stereocenters. The van der Waals surface area contributed by atoms with E-state index in [1.165, 1.54) is 11.6 Å². The molecule has 0 bridgehead atoms. The molecule has 0 aliphatic carbocycles. The first-order valence-corrected chi connectivity index (χ1v) is 8.46. The van der Waals surface area contributed by atoms with Crippen molar-refractivity contribution in [3.63, 3.8) is 0 Å². The summed E-state index contributed by atoms with van der Waals surface area (Å²) in [7, 11) is -4.38. The van der Waals surface area contributed by atoms with Crippen molar-refractivity contribution in [1.82, 2.24) is 0 Å². The molecule has 5 heteroatoms. The number of hydrogen-bond acceptors (Lipinski definition) is 3. The Balaban J connectivity index is 0.00000361. The van der Waals surface area contributed by atoms with Crippen LogP contribution in [0.4, 0.5) is 0 Å². The van der Waals surface area contributed by atoms with Crippen molar-refractivity contribution < 1.29 is 64.4 Å². The fourth-order valence-electron chi connectivity index (χ4n) is 2.54. The van der Waals surface area contributed by atoms with E-state index in [0.717, 1.165) is 43.2 Å². The summed E-state index contributed by atoms with van der Waals surface area (Å²) in [6.07, 6.45) is 5.25. The van der Waals surface area contributed by atoms with Gasteiger partial charge in [-0.2, -0.15) is 0 Å². The Hall–Kier alpha value is 0.766. The van der Waals surface area contributed by atoms with Gasteiger partial charge in [0.2, 0.25) is 0 Å². The molecule has 0 spiro atoms. The molecule has 0 aliphatic rings. The molecule has 0 heterocycles. The molecule has 1 aromatic rings. The molecule has 0 saturated heterocycles. The average Bonchev–Trinajstić information content (AvgIpc) is 2.32. The Morgan fingerprint density at radius 3 is 1.85 bits per heavy atom. The first kappa shape index (κ1) is 20.8. The van der Waals surface area contributed by atoms with E-state index >= 15 is 0 Å². The van der Waals surface area contributed by atoms with Crippen molar-refractivity contribution in [2.75, 3.05) is 0 Å². The zero-order valence-corrected chi connectivity index (χ0v) is 17.0. The molecule has 20 heavy (non-hydrogen) atoms. The number of hydrogen-bond donors (Lipinski definition) is 0. The van der Waals surface area contributed by atoms with Crippen LogP contribution in [-0.4, -0.2) is 13.0 Å². The Morgan fingerprint density at radius 1 is 0.900 bits per heavy atom. The van der Waals surface area contributed by atoms with Crippen LogP contribution in [0.2, 0.25) is 0 Å². The summed E-state index contributed by atoms with van der Waals surface area (Å²) >= 11 is 0. The minimum Gasteiger partial charge on any atom is -0.744 e. The summed E-state index contributed by atoms with van der Waals surface area (Å²) in [5.74, 6) is 0.